The summed E-state index contributed by atoms with van der Waals surface area (Å²) in [6.07, 6.45) is 1.40. The third-order valence-corrected chi connectivity index (χ3v) is 4.01. The second kappa shape index (κ2) is 7.06. The lowest BCUT2D eigenvalue weighted by atomic mass is 10.2. The third-order valence-electron chi connectivity index (χ3n) is 4.01. The van der Waals surface area contributed by atoms with Gasteiger partial charge < -0.3 is 15.1 Å². The Morgan fingerprint density at radius 3 is 2.71 bits per heavy atom. The van der Waals surface area contributed by atoms with E-state index in [-0.39, 0.29) is 11.6 Å². The van der Waals surface area contributed by atoms with Crippen LogP contribution in [0.1, 0.15) is 16.1 Å². The van der Waals surface area contributed by atoms with Gasteiger partial charge in [-0.05, 0) is 19.2 Å². The number of piperazine rings is 1. The predicted octanol–water partition coefficient (Wildman–Crippen LogP) is 1.35. The first kappa shape index (κ1) is 15.9. The number of para-hydroxylation sites is 1. The maximum atomic E-state index is 12.4. The van der Waals surface area contributed by atoms with Crippen molar-refractivity contribution >= 4 is 17.4 Å². The van der Waals surface area contributed by atoms with Crippen molar-refractivity contribution in [3.63, 3.8) is 0 Å². The normalized spacial score (nSPS) is 14.9. The van der Waals surface area contributed by atoms with Crippen LogP contribution in [0.25, 0.3) is 0 Å². The fraction of sp³-hybridized carbons (Fsp3) is 0.294. The fourth-order valence-electron chi connectivity index (χ4n) is 2.56. The standard InChI is InChI=1S/C17H18N6O/c1-22-6-8-23(9-7-22)16-10-15(19-12-20-16)17(24)21-14-5-3-2-4-13(14)11-18/h2-5,10,12H,6-9H2,1H3,(H,21,24). The van der Waals surface area contributed by atoms with Crippen molar-refractivity contribution in [2.75, 3.05) is 43.4 Å². The van der Waals surface area contributed by atoms with Crippen molar-refractivity contribution in [2.45, 2.75) is 0 Å². The number of hydrogen-bond acceptors (Lipinski definition) is 6. The average Bonchev–Trinajstić information content (AvgIpc) is 2.63. The molecule has 7 nitrogen and oxygen atoms in total. The monoisotopic (exact) mass is 322 g/mol. The van der Waals surface area contributed by atoms with E-state index in [2.05, 4.69) is 38.2 Å². The van der Waals surface area contributed by atoms with Crippen LogP contribution in [-0.2, 0) is 0 Å². The van der Waals surface area contributed by atoms with Crippen molar-refractivity contribution in [2.24, 2.45) is 0 Å². The van der Waals surface area contributed by atoms with E-state index < -0.39 is 0 Å². The van der Waals surface area contributed by atoms with Gasteiger partial charge >= 0.3 is 0 Å². The van der Waals surface area contributed by atoms with Gasteiger partial charge in [0.2, 0.25) is 0 Å². The summed E-state index contributed by atoms with van der Waals surface area (Å²) in [6.45, 7) is 3.65. The number of nitrogens with one attached hydrogen (secondary N) is 1. The molecule has 1 fully saturated rings. The summed E-state index contributed by atoms with van der Waals surface area (Å²) in [5, 5.41) is 11.8. The quantitative estimate of drug-likeness (QED) is 0.918. The number of anilines is 2. The molecule has 1 N–H and O–H groups in total. The van der Waals surface area contributed by atoms with Crippen LogP contribution in [0.15, 0.2) is 36.7 Å². The molecule has 0 saturated carbocycles. The van der Waals surface area contributed by atoms with Crippen molar-refractivity contribution in [3.05, 3.63) is 47.9 Å². The number of amides is 1. The zero-order valence-electron chi connectivity index (χ0n) is 13.4. The molecule has 1 aromatic carbocycles. The smallest absolute Gasteiger partial charge is 0.274 e. The van der Waals surface area contributed by atoms with Crippen LogP contribution in [0.3, 0.4) is 0 Å². The largest absolute Gasteiger partial charge is 0.354 e. The van der Waals surface area contributed by atoms with Crippen LogP contribution in [0.4, 0.5) is 11.5 Å². The molecular formula is C17H18N6O. The molecule has 3 rings (SSSR count). The Kier molecular flexibility index (Phi) is 4.68. The Balaban J connectivity index is 1.76. The molecule has 1 aromatic heterocycles. The number of likely N-dealkylation sites (N-methyl/N-ethyl adjacent to an activating group) is 1. The van der Waals surface area contributed by atoms with E-state index in [1.807, 2.05) is 0 Å². The highest BCUT2D eigenvalue weighted by Crippen LogP contribution is 2.17. The van der Waals surface area contributed by atoms with Gasteiger partial charge in [0.1, 0.15) is 23.9 Å². The fourth-order valence-corrected chi connectivity index (χ4v) is 2.56. The number of nitrogens with zero attached hydrogens (tertiary/aromatic N) is 5. The lowest BCUT2D eigenvalue weighted by molar-refractivity contribution is 0.102. The highest BCUT2D eigenvalue weighted by atomic mass is 16.1. The van der Waals surface area contributed by atoms with E-state index in [1.54, 1.807) is 30.3 Å². The Morgan fingerprint density at radius 1 is 1.21 bits per heavy atom. The minimum Gasteiger partial charge on any atom is -0.354 e. The molecule has 0 bridgehead atoms. The van der Waals surface area contributed by atoms with Crippen LogP contribution < -0.4 is 10.2 Å². The maximum absolute atomic E-state index is 12.4. The van der Waals surface area contributed by atoms with Gasteiger partial charge in [0.25, 0.3) is 5.91 Å². The van der Waals surface area contributed by atoms with Crippen LogP contribution in [0, 0.1) is 11.3 Å². The second-order valence-corrected chi connectivity index (χ2v) is 5.66. The average molecular weight is 322 g/mol. The lowest BCUT2D eigenvalue weighted by Gasteiger charge is -2.33. The SMILES string of the molecule is CN1CCN(c2cc(C(=O)Nc3ccccc3C#N)ncn2)CC1. The van der Waals surface area contributed by atoms with Crippen LogP contribution in [-0.4, -0.2) is 54.0 Å². The lowest BCUT2D eigenvalue weighted by Crippen LogP contribution is -2.44. The topological polar surface area (TPSA) is 85.1 Å². The number of carbonyl (C=O) groups excluding carboxylic acids is 1. The van der Waals surface area contributed by atoms with Gasteiger partial charge in [-0.25, -0.2) is 9.97 Å². The van der Waals surface area contributed by atoms with Gasteiger partial charge in [-0.2, -0.15) is 5.26 Å². The summed E-state index contributed by atoms with van der Waals surface area (Å²) < 4.78 is 0. The zero-order valence-corrected chi connectivity index (χ0v) is 13.4. The molecule has 0 unspecified atom stereocenters. The molecule has 2 aromatic rings. The molecule has 122 valence electrons. The molecular weight excluding hydrogens is 304 g/mol. The van der Waals surface area contributed by atoms with Gasteiger partial charge in [-0.15, -0.1) is 0 Å². The molecule has 0 spiro atoms. The number of rotatable bonds is 3. The Labute approximate surface area is 140 Å². The second-order valence-electron chi connectivity index (χ2n) is 5.66. The summed E-state index contributed by atoms with van der Waals surface area (Å²) >= 11 is 0. The number of hydrogen-bond donors (Lipinski definition) is 1. The first-order chi connectivity index (χ1) is 11.7. The summed E-state index contributed by atoms with van der Waals surface area (Å²) in [6, 6.07) is 10.6. The maximum Gasteiger partial charge on any atom is 0.274 e. The third kappa shape index (κ3) is 3.50. The zero-order chi connectivity index (χ0) is 16.9. The van der Waals surface area contributed by atoms with E-state index in [1.165, 1.54) is 6.33 Å². The summed E-state index contributed by atoms with van der Waals surface area (Å²) in [5.74, 6) is 0.396. The van der Waals surface area contributed by atoms with Crippen molar-refractivity contribution < 1.29 is 4.79 Å². The summed E-state index contributed by atoms with van der Waals surface area (Å²) in [4.78, 5) is 25.2. The minimum atomic E-state index is -0.351. The van der Waals surface area contributed by atoms with Crippen LogP contribution >= 0.6 is 0 Å². The van der Waals surface area contributed by atoms with Gasteiger partial charge in [-0.1, -0.05) is 12.1 Å². The first-order valence-corrected chi connectivity index (χ1v) is 7.73. The Hall–Kier alpha value is -2.98. The van der Waals surface area contributed by atoms with E-state index in [0.717, 1.165) is 32.0 Å². The molecule has 0 aliphatic carbocycles. The van der Waals surface area contributed by atoms with Gasteiger partial charge in [0.15, 0.2) is 0 Å². The van der Waals surface area contributed by atoms with Crippen LogP contribution in [0.2, 0.25) is 0 Å². The van der Waals surface area contributed by atoms with Crippen molar-refractivity contribution in [1.29, 1.82) is 5.26 Å². The first-order valence-electron chi connectivity index (χ1n) is 7.73. The Morgan fingerprint density at radius 2 is 1.96 bits per heavy atom. The molecule has 7 heteroatoms. The minimum absolute atomic E-state index is 0.284. The molecule has 1 saturated heterocycles. The highest BCUT2D eigenvalue weighted by Gasteiger charge is 2.17. The molecule has 2 heterocycles. The number of carbonyl (C=O) groups is 1. The highest BCUT2D eigenvalue weighted by molar-refractivity contribution is 6.03. The number of aromatic nitrogens is 2. The molecule has 1 aliphatic heterocycles. The van der Waals surface area contributed by atoms with E-state index >= 15 is 0 Å². The van der Waals surface area contributed by atoms with Gasteiger partial charge in [0.05, 0.1) is 11.3 Å². The molecule has 24 heavy (non-hydrogen) atoms. The Bertz CT molecular complexity index is 777. The van der Waals surface area contributed by atoms with Crippen molar-refractivity contribution in [1.82, 2.24) is 14.9 Å². The summed E-state index contributed by atoms with van der Waals surface area (Å²) in [5.41, 5.74) is 1.18. The van der Waals surface area contributed by atoms with Crippen molar-refractivity contribution in [3.8, 4) is 6.07 Å². The predicted molar refractivity (Wildman–Crippen MR) is 90.9 cm³/mol. The molecule has 0 atom stereocenters. The van der Waals surface area contributed by atoms with Gasteiger partial charge in [0, 0.05) is 32.2 Å². The molecule has 1 aliphatic rings. The van der Waals surface area contributed by atoms with E-state index in [9.17, 15) is 4.79 Å². The summed E-state index contributed by atoms with van der Waals surface area (Å²) in [7, 11) is 2.09. The van der Waals surface area contributed by atoms with Gasteiger partial charge in [-0.3, -0.25) is 4.79 Å². The number of nitriles is 1. The molecule has 1 amide bonds. The molecule has 0 radical (unpaired) electrons. The van der Waals surface area contributed by atoms with E-state index in [0.29, 0.717) is 11.3 Å². The van der Waals surface area contributed by atoms with Crippen LogP contribution in [0.5, 0.6) is 0 Å². The number of benzene rings is 1. The van der Waals surface area contributed by atoms with E-state index in [4.69, 9.17) is 5.26 Å².